The highest BCUT2D eigenvalue weighted by atomic mass is 16.5. The Morgan fingerprint density at radius 3 is 2.23 bits per heavy atom. The fraction of sp³-hybridized carbons (Fsp3) is 0.269. The van der Waals surface area contributed by atoms with E-state index in [0.717, 1.165) is 33.9 Å². The molecule has 0 aliphatic heterocycles. The Kier molecular flexibility index (Phi) is 6.78. The van der Waals surface area contributed by atoms with Crippen LogP contribution in [0.5, 0.6) is 11.5 Å². The van der Waals surface area contributed by atoms with E-state index in [0.29, 0.717) is 18.8 Å². The predicted octanol–water partition coefficient (Wildman–Crippen LogP) is 6.15. The van der Waals surface area contributed by atoms with E-state index in [1.807, 2.05) is 69.3 Å². The molecule has 0 saturated heterocycles. The molecule has 30 heavy (non-hydrogen) atoms. The van der Waals surface area contributed by atoms with Crippen molar-refractivity contribution in [2.75, 3.05) is 11.9 Å². The summed E-state index contributed by atoms with van der Waals surface area (Å²) in [6.07, 6.45) is 0. The molecule has 0 fully saturated rings. The van der Waals surface area contributed by atoms with Gasteiger partial charge in [0, 0.05) is 16.8 Å². The van der Waals surface area contributed by atoms with E-state index in [2.05, 4.69) is 19.2 Å². The Bertz CT molecular complexity index is 1040. The molecule has 1 amide bonds. The first-order valence-electron chi connectivity index (χ1n) is 10.2. The molecule has 0 heterocycles. The summed E-state index contributed by atoms with van der Waals surface area (Å²) in [6.45, 7) is 10.9. The number of aryl methyl sites for hydroxylation is 4. The van der Waals surface area contributed by atoms with Crippen molar-refractivity contribution in [2.45, 2.75) is 41.2 Å². The third kappa shape index (κ3) is 5.01. The number of hydrogen-bond acceptors (Lipinski definition) is 3. The Hall–Kier alpha value is -3.27. The summed E-state index contributed by atoms with van der Waals surface area (Å²) in [5.74, 6) is 1.37. The molecule has 3 aromatic rings. The maximum atomic E-state index is 12.9. The smallest absolute Gasteiger partial charge is 0.255 e. The maximum absolute atomic E-state index is 12.9. The summed E-state index contributed by atoms with van der Waals surface area (Å²) in [5, 5.41) is 3.04. The van der Waals surface area contributed by atoms with E-state index >= 15 is 0 Å². The van der Waals surface area contributed by atoms with Crippen molar-refractivity contribution in [1.29, 1.82) is 0 Å². The van der Waals surface area contributed by atoms with E-state index in [9.17, 15) is 4.79 Å². The summed E-state index contributed by atoms with van der Waals surface area (Å²) in [6, 6.07) is 17.5. The topological polar surface area (TPSA) is 47.6 Å². The molecule has 4 nitrogen and oxygen atoms in total. The van der Waals surface area contributed by atoms with Crippen LogP contribution in [0.25, 0.3) is 0 Å². The van der Waals surface area contributed by atoms with Gasteiger partial charge in [0.1, 0.15) is 18.1 Å². The van der Waals surface area contributed by atoms with Crippen molar-refractivity contribution in [3.8, 4) is 11.5 Å². The Morgan fingerprint density at radius 1 is 0.833 bits per heavy atom. The molecular formula is C26H29NO3. The van der Waals surface area contributed by atoms with Crippen LogP contribution in [0, 0.1) is 27.7 Å². The molecule has 0 spiro atoms. The average Bonchev–Trinajstić information content (AvgIpc) is 2.72. The zero-order valence-corrected chi connectivity index (χ0v) is 18.3. The zero-order chi connectivity index (χ0) is 21.7. The summed E-state index contributed by atoms with van der Waals surface area (Å²) in [5.41, 5.74) is 6.73. The van der Waals surface area contributed by atoms with Crippen molar-refractivity contribution in [2.24, 2.45) is 0 Å². The van der Waals surface area contributed by atoms with E-state index in [1.54, 1.807) is 6.07 Å². The Morgan fingerprint density at radius 2 is 1.57 bits per heavy atom. The van der Waals surface area contributed by atoms with E-state index in [4.69, 9.17) is 9.47 Å². The molecule has 3 rings (SSSR count). The number of amides is 1. The first-order chi connectivity index (χ1) is 14.4. The molecule has 0 unspecified atom stereocenters. The highest BCUT2D eigenvalue weighted by Gasteiger charge is 2.13. The van der Waals surface area contributed by atoms with Crippen molar-refractivity contribution in [1.82, 2.24) is 0 Å². The molecule has 0 bridgehead atoms. The minimum absolute atomic E-state index is 0.150. The van der Waals surface area contributed by atoms with Crippen molar-refractivity contribution >= 4 is 11.6 Å². The second-order valence-corrected chi connectivity index (χ2v) is 7.51. The van der Waals surface area contributed by atoms with Gasteiger partial charge in [0.25, 0.3) is 5.91 Å². The monoisotopic (exact) mass is 403 g/mol. The maximum Gasteiger partial charge on any atom is 0.255 e. The summed E-state index contributed by atoms with van der Waals surface area (Å²) in [4.78, 5) is 12.9. The third-order valence-electron chi connectivity index (χ3n) is 5.21. The van der Waals surface area contributed by atoms with Gasteiger partial charge in [-0.3, -0.25) is 4.79 Å². The Labute approximate surface area is 178 Å². The van der Waals surface area contributed by atoms with Crippen molar-refractivity contribution in [3.05, 3.63) is 88.0 Å². The van der Waals surface area contributed by atoms with Crippen LogP contribution >= 0.6 is 0 Å². The Balaban J connectivity index is 1.82. The highest BCUT2D eigenvalue weighted by Crippen LogP contribution is 2.25. The molecule has 0 aromatic heterocycles. The molecule has 0 saturated carbocycles. The first kappa shape index (κ1) is 21.4. The summed E-state index contributed by atoms with van der Waals surface area (Å²) >= 11 is 0. The van der Waals surface area contributed by atoms with Crippen LogP contribution in [0.2, 0.25) is 0 Å². The fourth-order valence-corrected chi connectivity index (χ4v) is 3.29. The molecule has 4 heteroatoms. The minimum atomic E-state index is -0.150. The van der Waals surface area contributed by atoms with Crippen LogP contribution in [0.1, 0.15) is 45.1 Å². The molecule has 0 aliphatic carbocycles. The van der Waals surface area contributed by atoms with Gasteiger partial charge in [0.05, 0.1) is 6.61 Å². The number of hydrogen-bond donors (Lipinski definition) is 1. The standard InChI is InChI=1S/C26H29NO3/c1-6-29-24-13-11-21(26(28)27-25-18(3)8-7-9-19(25)4)15-22(24)16-30-23-12-10-17(2)20(5)14-23/h7-15H,6,16H2,1-5H3,(H,27,28). The molecule has 0 aliphatic rings. The van der Waals surface area contributed by atoms with Crippen LogP contribution in [0.15, 0.2) is 54.6 Å². The van der Waals surface area contributed by atoms with E-state index < -0.39 is 0 Å². The molecule has 0 radical (unpaired) electrons. The van der Waals surface area contributed by atoms with Crippen LogP contribution < -0.4 is 14.8 Å². The first-order valence-corrected chi connectivity index (χ1v) is 10.2. The van der Waals surface area contributed by atoms with Gasteiger partial charge >= 0.3 is 0 Å². The van der Waals surface area contributed by atoms with Gasteiger partial charge in [-0.15, -0.1) is 0 Å². The lowest BCUT2D eigenvalue weighted by Crippen LogP contribution is -2.14. The SMILES string of the molecule is CCOc1ccc(C(=O)Nc2c(C)cccc2C)cc1COc1ccc(C)c(C)c1. The van der Waals surface area contributed by atoms with Gasteiger partial charge in [-0.25, -0.2) is 0 Å². The van der Waals surface area contributed by atoms with Crippen LogP contribution in [0.3, 0.4) is 0 Å². The van der Waals surface area contributed by atoms with Gasteiger partial charge in [0.2, 0.25) is 0 Å². The van der Waals surface area contributed by atoms with Crippen LogP contribution in [-0.2, 0) is 6.61 Å². The van der Waals surface area contributed by atoms with Crippen molar-refractivity contribution in [3.63, 3.8) is 0 Å². The molecule has 3 aromatic carbocycles. The second-order valence-electron chi connectivity index (χ2n) is 7.51. The number of anilines is 1. The van der Waals surface area contributed by atoms with E-state index in [-0.39, 0.29) is 5.91 Å². The summed E-state index contributed by atoms with van der Waals surface area (Å²) in [7, 11) is 0. The van der Waals surface area contributed by atoms with Gasteiger partial charge < -0.3 is 14.8 Å². The normalized spacial score (nSPS) is 10.6. The van der Waals surface area contributed by atoms with E-state index in [1.165, 1.54) is 11.1 Å². The quantitative estimate of drug-likeness (QED) is 0.515. The third-order valence-corrected chi connectivity index (χ3v) is 5.21. The number of ether oxygens (including phenoxy) is 2. The largest absolute Gasteiger partial charge is 0.493 e. The number of carbonyl (C=O) groups excluding carboxylic acids is 1. The van der Waals surface area contributed by atoms with Crippen molar-refractivity contribution < 1.29 is 14.3 Å². The predicted molar refractivity (Wildman–Crippen MR) is 122 cm³/mol. The molecule has 156 valence electrons. The second kappa shape index (κ2) is 9.49. The number of benzene rings is 3. The average molecular weight is 404 g/mol. The minimum Gasteiger partial charge on any atom is -0.493 e. The van der Waals surface area contributed by atoms with Gasteiger partial charge in [0.15, 0.2) is 0 Å². The highest BCUT2D eigenvalue weighted by molar-refractivity contribution is 6.05. The lowest BCUT2D eigenvalue weighted by atomic mass is 10.1. The summed E-state index contributed by atoms with van der Waals surface area (Å²) < 4.78 is 11.7. The number of nitrogens with one attached hydrogen (secondary N) is 1. The molecule has 0 atom stereocenters. The number of carbonyl (C=O) groups is 1. The van der Waals surface area contributed by atoms with Gasteiger partial charge in [-0.2, -0.15) is 0 Å². The number of rotatable bonds is 7. The lowest BCUT2D eigenvalue weighted by molar-refractivity contribution is 0.102. The van der Waals surface area contributed by atoms with Crippen LogP contribution in [0.4, 0.5) is 5.69 Å². The fourth-order valence-electron chi connectivity index (χ4n) is 3.29. The number of para-hydroxylation sites is 1. The van der Waals surface area contributed by atoms with Gasteiger partial charge in [-0.05, 0) is 87.2 Å². The zero-order valence-electron chi connectivity index (χ0n) is 18.3. The lowest BCUT2D eigenvalue weighted by Gasteiger charge is -2.15. The molecular weight excluding hydrogens is 374 g/mol. The van der Waals surface area contributed by atoms with Gasteiger partial charge in [-0.1, -0.05) is 24.3 Å². The molecule has 1 N–H and O–H groups in total. The van der Waals surface area contributed by atoms with Crippen LogP contribution in [-0.4, -0.2) is 12.5 Å².